The van der Waals surface area contributed by atoms with Crippen LogP contribution in [0.2, 0.25) is 0 Å². The molecule has 6 nitrogen and oxygen atoms in total. The lowest BCUT2D eigenvalue weighted by Crippen LogP contribution is -2.42. The number of carboxylic acid groups (broad SMARTS) is 1. The third-order valence-electron chi connectivity index (χ3n) is 5.68. The van der Waals surface area contributed by atoms with Crippen LogP contribution in [0.4, 0.5) is 17.6 Å². The van der Waals surface area contributed by atoms with Crippen molar-refractivity contribution in [3.63, 3.8) is 0 Å². The van der Waals surface area contributed by atoms with Crippen molar-refractivity contribution in [3.05, 3.63) is 35.6 Å². The monoisotopic (exact) mass is 448 g/mol. The Morgan fingerprint density at radius 2 is 1.77 bits per heavy atom. The van der Waals surface area contributed by atoms with Gasteiger partial charge in [0.1, 0.15) is 12.4 Å². The van der Waals surface area contributed by atoms with Gasteiger partial charge in [-0.05, 0) is 62.4 Å². The fourth-order valence-corrected chi connectivity index (χ4v) is 3.92. The first-order chi connectivity index (χ1) is 14.5. The molecule has 2 saturated heterocycles. The zero-order valence-corrected chi connectivity index (χ0v) is 17.5. The summed E-state index contributed by atoms with van der Waals surface area (Å²) in [6.07, 6.45) is -1.76. The summed E-state index contributed by atoms with van der Waals surface area (Å²) in [6, 6.07) is 6.86. The van der Waals surface area contributed by atoms with Crippen LogP contribution in [0.5, 0.6) is 0 Å². The van der Waals surface area contributed by atoms with Gasteiger partial charge in [-0.15, -0.1) is 0 Å². The largest absolute Gasteiger partial charge is 0.490 e. The number of hydrogen-bond donors (Lipinski definition) is 1. The van der Waals surface area contributed by atoms with Crippen molar-refractivity contribution in [3.8, 4) is 0 Å². The van der Waals surface area contributed by atoms with Gasteiger partial charge in [-0.3, -0.25) is 9.69 Å². The summed E-state index contributed by atoms with van der Waals surface area (Å²) < 4.78 is 50.3. The summed E-state index contributed by atoms with van der Waals surface area (Å²) in [5.74, 6) is -2.80. The highest BCUT2D eigenvalue weighted by molar-refractivity contribution is 5.77. The maximum atomic E-state index is 13.3. The highest BCUT2D eigenvalue weighted by atomic mass is 19.4. The van der Waals surface area contributed by atoms with Crippen LogP contribution in [0.15, 0.2) is 24.3 Å². The molecule has 1 aromatic carbocycles. The zero-order valence-electron chi connectivity index (χ0n) is 17.5. The standard InChI is InChI=1S/C19H27FN2O2.C2HF3O2/c1-2-24-14-18(23)22-11-8-19(15-22)6-9-21(10-7-19)13-16-4-3-5-17(20)12-16;3-2(4,5)1(6)7/h3-5,12H,2,6-11,13-15H2,1H3;(H,6,7). The van der Waals surface area contributed by atoms with Crippen molar-refractivity contribution < 1.29 is 37.0 Å². The van der Waals surface area contributed by atoms with E-state index in [2.05, 4.69) is 4.90 Å². The van der Waals surface area contributed by atoms with Crippen LogP contribution in [-0.2, 0) is 20.9 Å². The van der Waals surface area contributed by atoms with Gasteiger partial charge < -0.3 is 14.7 Å². The molecule has 3 rings (SSSR count). The number of likely N-dealkylation sites (tertiary alicyclic amines) is 2. The minimum atomic E-state index is -5.08. The molecule has 0 radical (unpaired) electrons. The second kappa shape index (κ2) is 10.9. The summed E-state index contributed by atoms with van der Waals surface area (Å²) in [7, 11) is 0. The molecule has 31 heavy (non-hydrogen) atoms. The van der Waals surface area contributed by atoms with Gasteiger partial charge in [-0.1, -0.05) is 12.1 Å². The molecule has 174 valence electrons. The van der Waals surface area contributed by atoms with E-state index < -0.39 is 12.1 Å². The molecule has 2 aliphatic heterocycles. The van der Waals surface area contributed by atoms with E-state index in [1.54, 1.807) is 12.1 Å². The van der Waals surface area contributed by atoms with E-state index in [1.807, 2.05) is 17.9 Å². The van der Waals surface area contributed by atoms with E-state index in [0.717, 1.165) is 57.5 Å². The predicted molar refractivity (Wildman–Crippen MR) is 105 cm³/mol. The number of hydrogen-bond acceptors (Lipinski definition) is 4. The van der Waals surface area contributed by atoms with Crippen molar-refractivity contribution in [2.45, 2.75) is 38.9 Å². The van der Waals surface area contributed by atoms with Crippen LogP contribution in [0.1, 0.15) is 31.7 Å². The van der Waals surface area contributed by atoms with E-state index in [1.165, 1.54) is 6.07 Å². The van der Waals surface area contributed by atoms with Gasteiger partial charge in [0.15, 0.2) is 0 Å². The van der Waals surface area contributed by atoms with Gasteiger partial charge >= 0.3 is 12.1 Å². The van der Waals surface area contributed by atoms with E-state index >= 15 is 0 Å². The molecule has 10 heteroatoms. The van der Waals surface area contributed by atoms with Crippen LogP contribution in [-0.4, -0.2) is 72.4 Å². The lowest BCUT2D eigenvalue weighted by molar-refractivity contribution is -0.192. The van der Waals surface area contributed by atoms with E-state index in [0.29, 0.717) is 6.61 Å². The molecular formula is C21H28F4N2O4. The first kappa shape index (κ1) is 25.1. The number of aliphatic carboxylic acids is 1. The lowest BCUT2D eigenvalue weighted by Gasteiger charge is -2.39. The molecule has 0 aromatic heterocycles. The fraction of sp³-hybridized carbons (Fsp3) is 0.619. The second-order valence-electron chi connectivity index (χ2n) is 7.91. The molecule has 2 fully saturated rings. The number of carboxylic acids is 1. The van der Waals surface area contributed by atoms with Gasteiger partial charge in [-0.25, -0.2) is 9.18 Å². The average Bonchev–Trinajstić information content (AvgIpc) is 3.12. The number of benzene rings is 1. The first-order valence-electron chi connectivity index (χ1n) is 10.2. The SMILES string of the molecule is CCOCC(=O)N1CCC2(CCN(Cc3cccc(F)c3)CC2)C1.O=C(O)C(F)(F)F. The Balaban J connectivity index is 0.000000423. The van der Waals surface area contributed by atoms with Crippen LogP contribution in [0.3, 0.4) is 0 Å². The molecule has 1 amide bonds. The summed E-state index contributed by atoms with van der Waals surface area (Å²) in [4.78, 5) is 25.4. The summed E-state index contributed by atoms with van der Waals surface area (Å²) in [6.45, 7) is 7.27. The van der Waals surface area contributed by atoms with Crippen molar-refractivity contribution in [1.29, 1.82) is 0 Å². The average molecular weight is 448 g/mol. The maximum absolute atomic E-state index is 13.3. The number of amides is 1. The minimum absolute atomic E-state index is 0.121. The Labute approximate surface area is 178 Å². The Hall–Kier alpha value is -2.20. The molecule has 0 bridgehead atoms. The van der Waals surface area contributed by atoms with Crippen molar-refractivity contribution in [2.75, 3.05) is 39.4 Å². The van der Waals surface area contributed by atoms with Crippen molar-refractivity contribution in [2.24, 2.45) is 5.41 Å². The number of rotatable bonds is 5. The molecular weight excluding hydrogens is 420 g/mol. The summed E-state index contributed by atoms with van der Waals surface area (Å²) in [5.41, 5.74) is 1.31. The van der Waals surface area contributed by atoms with E-state index in [-0.39, 0.29) is 23.7 Å². The molecule has 2 heterocycles. The van der Waals surface area contributed by atoms with Gasteiger partial charge in [0, 0.05) is 26.2 Å². The van der Waals surface area contributed by atoms with Crippen molar-refractivity contribution in [1.82, 2.24) is 9.80 Å². The van der Waals surface area contributed by atoms with Crippen LogP contribution >= 0.6 is 0 Å². The normalized spacial score (nSPS) is 18.5. The second-order valence-corrected chi connectivity index (χ2v) is 7.91. The quantitative estimate of drug-likeness (QED) is 0.700. The van der Waals surface area contributed by atoms with Crippen LogP contribution in [0.25, 0.3) is 0 Å². The number of nitrogens with zero attached hydrogens (tertiary/aromatic N) is 2. The maximum Gasteiger partial charge on any atom is 0.490 e. The van der Waals surface area contributed by atoms with Gasteiger partial charge in [0.25, 0.3) is 0 Å². The van der Waals surface area contributed by atoms with Crippen LogP contribution < -0.4 is 0 Å². The molecule has 0 aliphatic carbocycles. The third kappa shape index (κ3) is 7.77. The number of halogens is 4. The molecule has 0 atom stereocenters. The Morgan fingerprint density at radius 3 is 2.32 bits per heavy atom. The molecule has 2 aliphatic rings. The van der Waals surface area contributed by atoms with Gasteiger partial charge in [0.2, 0.25) is 5.91 Å². The number of ether oxygens (including phenoxy) is 1. The van der Waals surface area contributed by atoms with Gasteiger partial charge in [-0.2, -0.15) is 13.2 Å². The first-order valence-corrected chi connectivity index (χ1v) is 10.2. The highest BCUT2D eigenvalue weighted by Crippen LogP contribution is 2.40. The highest BCUT2D eigenvalue weighted by Gasteiger charge is 2.42. The number of piperidine rings is 1. The zero-order chi connectivity index (χ0) is 23.1. The van der Waals surface area contributed by atoms with Gasteiger partial charge in [0.05, 0.1) is 0 Å². The smallest absolute Gasteiger partial charge is 0.475 e. The molecule has 0 unspecified atom stereocenters. The Morgan fingerprint density at radius 1 is 1.16 bits per heavy atom. The minimum Gasteiger partial charge on any atom is -0.475 e. The third-order valence-corrected chi connectivity index (χ3v) is 5.68. The number of alkyl halides is 3. The fourth-order valence-electron chi connectivity index (χ4n) is 3.92. The van der Waals surface area contributed by atoms with E-state index in [9.17, 15) is 22.4 Å². The predicted octanol–water partition coefficient (Wildman–Crippen LogP) is 3.31. The summed E-state index contributed by atoms with van der Waals surface area (Å²) in [5, 5.41) is 7.12. The lowest BCUT2D eigenvalue weighted by atomic mass is 9.77. The summed E-state index contributed by atoms with van der Waals surface area (Å²) >= 11 is 0. The molecule has 1 spiro atoms. The Bertz CT molecular complexity index is 749. The molecule has 0 saturated carbocycles. The van der Waals surface area contributed by atoms with Crippen molar-refractivity contribution >= 4 is 11.9 Å². The topological polar surface area (TPSA) is 70.1 Å². The Kier molecular flexibility index (Phi) is 8.81. The molecule has 1 N–H and O–H groups in total. The number of carbonyl (C=O) groups is 2. The molecule has 1 aromatic rings. The van der Waals surface area contributed by atoms with E-state index in [4.69, 9.17) is 14.6 Å². The number of carbonyl (C=O) groups excluding carboxylic acids is 1. The van der Waals surface area contributed by atoms with Crippen LogP contribution in [0, 0.1) is 11.2 Å².